The van der Waals surface area contributed by atoms with Crippen LogP contribution in [-0.2, 0) is 9.53 Å². The number of hydrogen-bond donors (Lipinski definition) is 0. The topological polar surface area (TPSA) is 45.1 Å². The number of carbonyl (C=O) groups excluding carboxylic acids is 1. The first kappa shape index (κ1) is 24.0. The van der Waals surface area contributed by atoms with Gasteiger partial charge in [-0.25, -0.2) is 13.8 Å². The van der Waals surface area contributed by atoms with E-state index in [-0.39, 0.29) is 23.5 Å². The van der Waals surface area contributed by atoms with E-state index in [2.05, 4.69) is 10.0 Å². The van der Waals surface area contributed by atoms with Gasteiger partial charge in [0, 0.05) is 12.7 Å². The van der Waals surface area contributed by atoms with Gasteiger partial charge in [0.1, 0.15) is 28.7 Å². The largest absolute Gasteiger partial charge is 0.375 e. The minimum absolute atomic E-state index is 0.0744. The standard InChI is InChI=1S/C16H21F2N3O2S.C6H6/c1-20(2)8-4-5-15-21(14(22)10-23-3)19-16(24-15)12-9-11(17)6-7-13(12)18;1-2-4-6-5-3-1/h6-7,9,15H,4-5,8,10H2,1-3H3;1-6H. The lowest BCUT2D eigenvalue weighted by molar-refractivity contribution is -0.135. The quantitative estimate of drug-likeness (QED) is 0.654. The predicted octanol–water partition coefficient (Wildman–Crippen LogP) is 4.20. The van der Waals surface area contributed by atoms with Gasteiger partial charge in [0.25, 0.3) is 5.91 Å². The van der Waals surface area contributed by atoms with Crippen molar-refractivity contribution in [3.63, 3.8) is 0 Å². The molecule has 1 aliphatic heterocycles. The number of benzene rings is 2. The van der Waals surface area contributed by atoms with Gasteiger partial charge >= 0.3 is 0 Å². The van der Waals surface area contributed by atoms with Gasteiger partial charge in [-0.05, 0) is 51.7 Å². The minimum Gasteiger partial charge on any atom is -0.375 e. The lowest BCUT2D eigenvalue weighted by Crippen LogP contribution is -2.34. The van der Waals surface area contributed by atoms with E-state index in [0.717, 1.165) is 31.2 Å². The van der Waals surface area contributed by atoms with Crippen molar-refractivity contribution in [2.75, 3.05) is 34.4 Å². The highest BCUT2D eigenvalue weighted by molar-refractivity contribution is 8.15. The van der Waals surface area contributed by atoms with Crippen LogP contribution in [0.1, 0.15) is 18.4 Å². The molecule has 1 unspecified atom stereocenters. The van der Waals surface area contributed by atoms with Crippen molar-refractivity contribution in [1.82, 2.24) is 9.91 Å². The van der Waals surface area contributed by atoms with Crippen molar-refractivity contribution in [2.45, 2.75) is 18.2 Å². The second-order valence-electron chi connectivity index (χ2n) is 6.87. The molecule has 5 nitrogen and oxygen atoms in total. The smallest absolute Gasteiger partial charge is 0.269 e. The summed E-state index contributed by atoms with van der Waals surface area (Å²) in [5, 5.41) is 5.61. The molecule has 0 fully saturated rings. The number of carbonyl (C=O) groups is 1. The average molecular weight is 436 g/mol. The molecule has 2 aromatic carbocycles. The normalized spacial score (nSPS) is 15.6. The average Bonchev–Trinajstić information content (AvgIpc) is 3.15. The fourth-order valence-corrected chi connectivity index (χ4v) is 3.92. The van der Waals surface area contributed by atoms with Crippen LogP contribution in [0.2, 0.25) is 0 Å². The zero-order valence-electron chi connectivity index (χ0n) is 17.4. The molecule has 1 amide bonds. The maximum absolute atomic E-state index is 14.0. The van der Waals surface area contributed by atoms with Gasteiger partial charge in [0.15, 0.2) is 0 Å². The lowest BCUT2D eigenvalue weighted by Gasteiger charge is -2.21. The Labute approximate surface area is 180 Å². The highest BCUT2D eigenvalue weighted by Gasteiger charge is 2.33. The van der Waals surface area contributed by atoms with Gasteiger partial charge < -0.3 is 9.64 Å². The Kier molecular flexibility index (Phi) is 9.93. The summed E-state index contributed by atoms with van der Waals surface area (Å²) >= 11 is 1.27. The van der Waals surface area contributed by atoms with Crippen LogP contribution in [0.15, 0.2) is 59.7 Å². The van der Waals surface area contributed by atoms with Gasteiger partial charge in [-0.2, -0.15) is 5.10 Å². The molecule has 3 rings (SSSR count). The van der Waals surface area contributed by atoms with Crippen LogP contribution in [0.25, 0.3) is 0 Å². The fraction of sp³-hybridized carbons (Fsp3) is 0.364. The Morgan fingerprint density at radius 3 is 2.37 bits per heavy atom. The number of thioether (sulfide) groups is 1. The zero-order valence-corrected chi connectivity index (χ0v) is 18.2. The fourth-order valence-electron chi connectivity index (χ4n) is 2.70. The molecule has 0 saturated heterocycles. The van der Waals surface area contributed by atoms with Crippen molar-refractivity contribution < 1.29 is 18.3 Å². The van der Waals surface area contributed by atoms with E-state index in [9.17, 15) is 13.6 Å². The second kappa shape index (κ2) is 12.4. The first-order valence-electron chi connectivity index (χ1n) is 9.58. The second-order valence-corrected chi connectivity index (χ2v) is 8.04. The van der Waals surface area contributed by atoms with Crippen LogP contribution in [0.4, 0.5) is 8.78 Å². The Bertz CT molecular complexity index is 808. The first-order valence-corrected chi connectivity index (χ1v) is 10.5. The van der Waals surface area contributed by atoms with E-state index in [0.29, 0.717) is 11.5 Å². The summed E-state index contributed by atoms with van der Waals surface area (Å²) in [4.78, 5) is 14.2. The van der Waals surface area contributed by atoms with E-state index in [1.807, 2.05) is 50.5 Å². The molecular weight excluding hydrogens is 408 g/mol. The molecule has 0 N–H and O–H groups in total. The Morgan fingerprint density at radius 2 is 1.80 bits per heavy atom. The lowest BCUT2D eigenvalue weighted by atomic mass is 10.2. The Morgan fingerprint density at radius 1 is 1.17 bits per heavy atom. The molecule has 162 valence electrons. The third-order valence-electron chi connectivity index (χ3n) is 4.12. The summed E-state index contributed by atoms with van der Waals surface area (Å²) in [5.41, 5.74) is 0.0744. The molecule has 0 bridgehead atoms. The third kappa shape index (κ3) is 7.51. The maximum atomic E-state index is 14.0. The zero-order chi connectivity index (χ0) is 21.9. The van der Waals surface area contributed by atoms with Crippen molar-refractivity contribution in [3.05, 3.63) is 71.8 Å². The summed E-state index contributed by atoms with van der Waals surface area (Å²) in [7, 11) is 5.37. The molecule has 1 heterocycles. The number of hydrazone groups is 1. The van der Waals surface area contributed by atoms with Gasteiger partial charge in [0.2, 0.25) is 0 Å². The summed E-state index contributed by atoms with van der Waals surface area (Å²) in [6.07, 6.45) is 1.55. The van der Waals surface area contributed by atoms with Crippen LogP contribution in [0.5, 0.6) is 0 Å². The van der Waals surface area contributed by atoms with E-state index in [1.54, 1.807) is 0 Å². The van der Waals surface area contributed by atoms with Gasteiger partial charge in [0.05, 0.1) is 0 Å². The molecule has 0 aromatic heterocycles. The predicted molar refractivity (Wildman–Crippen MR) is 117 cm³/mol. The molecule has 1 atom stereocenters. The number of ether oxygens (including phenoxy) is 1. The Balaban J connectivity index is 0.000000456. The van der Waals surface area contributed by atoms with E-state index >= 15 is 0 Å². The molecule has 0 radical (unpaired) electrons. The number of halogens is 2. The van der Waals surface area contributed by atoms with Crippen molar-refractivity contribution >= 4 is 22.7 Å². The van der Waals surface area contributed by atoms with Gasteiger partial charge in [-0.1, -0.05) is 48.2 Å². The molecule has 2 aromatic rings. The van der Waals surface area contributed by atoms with Crippen LogP contribution >= 0.6 is 11.8 Å². The van der Waals surface area contributed by atoms with E-state index in [4.69, 9.17) is 4.74 Å². The molecule has 8 heteroatoms. The highest BCUT2D eigenvalue weighted by Crippen LogP contribution is 2.33. The van der Waals surface area contributed by atoms with Gasteiger partial charge in [-0.3, -0.25) is 4.79 Å². The summed E-state index contributed by atoms with van der Waals surface area (Å²) in [6, 6.07) is 15.2. The number of amides is 1. The van der Waals surface area contributed by atoms with Crippen molar-refractivity contribution in [3.8, 4) is 0 Å². The number of methoxy groups -OCH3 is 1. The third-order valence-corrected chi connectivity index (χ3v) is 5.36. The monoisotopic (exact) mass is 435 g/mol. The van der Waals surface area contributed by atoms with Crippen LogP contribution in [0.3, 0.4) is 0 Å². The number of rotatable bonds is 7. The number of hydrogen-bond acceptors (Lipinski definition) is 5. The van der Waals surface area contributed by atoms with Crippen molar-refractivity contribution in [2.24, 2.45) is 5.10 Å². The summed E-state index contributed by atoms with van der Waals surface area (Å²) in [5.74, 6) is -1.40. The van der Waals surface area contributed by atoms with Crippen LogP contribution in [-0.4, -0.2) is 60.6 Å². The highest BCUT2D eigenvalue weighted by atomic mass is 32.2. The minimum atomic E-state index is -0.560. The molecule has 0 aliphatic carbocycles. The molecule has 30 heavy (non-hydrogen) atoms. The van der Waals surface area contributed by atoms with Crippen LogP contribution < -0.4 is 0 Å². The molecular formula is C22H27F2N3O2S. The molecule has 0 spiro atoms. The molecule has 0 saturated carbocycles. The van der Waals surface area contributed by atoms with Crippen LogP contribution in [0, 0.1) is 11.6 Å². The summed E-state index contributed by atoms with van der Waals surface area (Å²) in [6.45, 7) is 0.764. The SMILES string of the molecule is COCC(=O)N1N=C(c2cc(F)ccc2F)SC1CCCN(C)C.c1ccccc1. The van der Waals surface area contributed by atoms with Crippen molar-refractivity contribution in [1.29, 1.82) is 0 Å². The van der Waals surface area contributed by atoms with E-state index < -0.39 is 11.6 Å². The van der Waals surface area contributed by atoms with Gasteiger partial charge in [-0.15, -0.1) is 0 Å². The maximum Gasteiger partial charge on any atom is 0.269 e. The first-order chi connectivity index (χ1) is 14.4. The van der Waals surface area contributed by atoms with E-state index in [1.165, 1.54) is 23.9 Å². The molecule has 1 aliphatic rings. The Hall–Kier alpha value is -2.29. The number of nitrogens with zero attached hydrogens (tertiary/aromatic N) is 3. The summed E-state index contributed by atoms with van der Waals surface area (Å²) < 4.78 is 32.3.